The van der Waals surface area contributed by atoms with E-state index in [1.807, 2.05) is 66.7 Å². The van der Waals surface area contributed by atoms with Crippen LogP contribution in [-0.4, -0.2) is 40.1 Å². The van der Waals surface area contributed by atoms with E-state index in [0.717, 1.165) is 21.3 Å². The molecule has 0 unspecified atom stereocenters. The van der Waals surface area contributed by atoms with Crippen molar-refractivity contribution in [3.05, 3.63) is 72.3 Å². The van der Waals surface area contributed by atoms with Crippen LogP contribution in [0.1, 0.15) is 5.56 Å². The van der Waals surface area contributed by atoms with Crippen LogP contribution in [0.3, 0.4) is 0 Å². The lowest BCUT2D eigenvalue weighted by Gasteiger charge is -2.20. The topological polar surface area (TPSA) is 82.4 Å². The number of benzene rings is 3. The number of ether oxygens (including phenoxy) is 2. The Labute approximate surface area is 194 Å². The summed E-state index contributed by atoms with van der Waals surface area (Å²) in [5, 5.41) is 8.90. The van der Waals surface area contributed by atoms with Crippen molar-refractivity contribution in [3.8, 4) is 11.5 Å². The zero-order valence-corrected chi connectivity index (χ0v) is 19.0. The summed E-state index contributed by atoms with van der Waals surface area (Å²) in [7, 11) is 3.21. The lowest BCUT2D eigenvalue weighted by Crippen LogP contribution is -2.33. The minimum atomic E-state index is -0.147. The van der Waals surface area contributed by atoms with Gasteiger partial charge in [0.2, 0.25) is 0 Å². The molecule has 0 aliphatic rings. The quantitative estimate of drug-likeness (QED) is 0.361. The second-order valence-corrected chi connectivity index (χ2v) is 8.32. The van der Waals surface area contributed by atoms with Crippen LogP contribution in [0.5, 0.6) is 11.5 Å². The predicted octanol–water partition coefficient (Wildman–Crippen LogP) is 4.29. The number of carbonyl (C=O) groups excluding carboxylic acids is 1. The Kier molecular flexibility index (Phi) is 5.62. The summed E-state index contributed by atoms with van der Waals surface area (Å²) < 4.78 is 13.5. The van der Waals surface area contributed by atoms with Gasteiger partial charge in [0, 0.05) is 0 Å². The van der Waals surface area contributed by atoms with Gasteiger partial charge in [0.05, 0.1) is 26.3 Å². The van der Waals surface area contributed by atoms with Gasteiger partial charge in [0.15, 0.2) is 5.13 Å². The molecule has 0 spiro atoms. The van der Waals surface area contributed by atoms with Gasteiger partial charge in [-0.25, -0.2) is 9.67 Å². The van der Waals surface area contributed by atoms with E-state index in [-0.39, 0.29) is 12.5 Å². The first-order valence-corrected chi connectivity index (χ1v) is 11.1. The predicted molar refractivity (Wildman–Crippen MR) is 128 cm³/mol. The van der Waals surface area contributed by atoms with E-state index in [1.54, 1.807) is 23.8 Å². The third-order valence-electron chi connectivity index (χ3n) is 5.32. The van der Waals surface area contributed by atoms with Gasteiger partial charge in [-0.05, 0) is 29.8 Å². The van der Waals surface area contributed by atoms with Gasteiger partial charge in [-0.15, -0.1) is 5.10 Å². The van der Waals surface area contributed by atoms with Crippen LogP contribution >= 0.6 is 11.3 Å². The highest BCUT2D eigenvalue weighted by molar-refractivity contribution is 7.22. The zero-order chi connectivity index (χ0) is 22.8. The first-order valence-electron chi connectivity index (χ1n) is 10.3. The van der Waals surface area contributed by atoms with Crippen molar-refractivity contribution >= 4 is 43.6 Å². The molecular formula is C24H21N5O3S. The van der Waals surface area contributed by atoms with Crippen LogP contribution in [0.4, 0.5) is 5.13 Å². The number of rotatable bonds is 7. The second kappa shape index (κ2) is 8.87. The molecular weight excluding hydrogens is 438 g/mol. The molecule has 0 bridgehead atoms. The Hall–Kier alpha value is -3.98. The van der Waals surface area contributed by atoms with Crippen molar-refractivity contribution in [1.29, 1.82) is 0 Å². The van der Waals surface area contributed by atoms with Gasteiger partial charge in [-0.2, -0.15) is 0 Å². The van der Waals surface area contributed by atoms with Crippen LogP contribution in [0, 0.1) is 0 Å². The minimum Gasteiger partial charge on any atom is -0.495 e. The number of amides is 1. The minimum absolute atomic E-state index is 0.0392. The fraction of sp³-hybridized carbons (Fsp3) is 0.167. The Morgan fingerprint density at radius 2 is 1.70 bits per heavy atom. The molecule has 2 heterocycles. The first kappa shape index (κ1) is 20.9. The molecule has 0 aliphatic heterocycles. The molecule has 3 aromatic carbocycles. The third-order valence-corrected chi connectivity index (χ3v) is 6.41. The molecule has 0 fully saturated rings. The summed E-state index contributed by atoms with van der Waals surface area (Å²) in [6, 6.07) is 21.1. The van der Waals surface area contributed by atoms with Crippen molar-refractivity contribution in [2.24, 2.45) is 0 Å². The molecule has 1 amide bonds. The van der Waals surface area contributed by atoms with Crippen LogP contribution < -0.4 is 14.4 Å². The maximum absolute atomic E-state index is 13.6. The van der Waals surface area contributed by atoms with Gasteiger partial charge in [0.1, 0.15) is 33.8 Å². The maximum atomic E-state index is 13.6. The zero-order valence-electron chi connectivity index (χ0n) is 18.1. The van der Waals surface area contributed by atoms with E-state index in [4.69, 9.17) is 14.5 Å². The highest BCUT2D eigenvalue weighted by atomic mass is 32.1. The average molecular weight is 460 g/mol. The average Bonchev–Trinajstić information content (AvgIpc) is 3.47. The van der Waals surface area contributed by atoms with Crippen LogP contribution in [0.15, 0.2) is 66.7 Å². The van der Waals surface area contributed by atoms with Crippen molar-refractivity contribution in [2.75, 3.05) is 19.1 Å². The van der Waals surface area contributed by atoms with E-state index in [9.17, 15) is 4.79 Å². The summed E-state index contributed by atoms with van der Waals surface area (Å²) in [6.07, 6.45) is 0. The molecule has 0 aliphatic carbocycles. The monoisotopic (exact) mass is 459 g/mol. The lowest BCUT2D eigenvalue weighted by molar-refractivity contribution is -0.119. The fourth-order valence-corrected chi connectivity index (χ4v) is 4.76. The molecule has 0 radical (unpaired) electrons. The van der Waals surface area contributed by atoms with E-state index in [1.165, 1.54) is 11.3 Å². The number of nitrogens with zero attached hydrogens (tertiary/aromatic N) is 5. The normalized spacial score (nSPS) is 11.1. The van der Waals surface area contributed by atoms with Crippen molar-refractivity contribution in [2.45, 2.75) is 13.1 Å². The number of fused-ring (bicyclic) bond motifs is 2. The number of hydrogen-bond acceptors (Lipinski definition) is 7. The Bertz CT molecular complexity index is 1390. The number of aromatic nitrogens is 4. The third kappa shape index (κ3) is 3.98. The number of carbonyl (C=O) groups is 1. The van der Waals surface area contributed by atoms with E-state index < -0.39 is 0 Å². The molecule has 9 heteroatoms. The fourth-order valence-electron chi connectivity index (χ4n) is 3.67. The van der Waals surface area contributed by atoms with Crippen molar-refractivity contribution < 1.29 is 14.3 Å². The van der Waals surface area contributed by atoms with Crippen molar-refractivity contribution in [1.82, 2.24) is 20.0 Å². The molecule has 5 rings (SSSR count). The van der Waals surface area contributed by atoms with Gasteiger partial charge >= 0.3 is 0 Å². The van der Waals surface area contributed by atoms with Gasteiger partial charge in [-0.3, -0.25) is 9.69 Å². The maximum Gasteiger partial charge on any atom is 0.250 e. The van der Waals surface area contributed by atoms with Crippen LogP contribution in [0.25, 0.3) is 21.3 Å². The molecule has 0 saturated carbocycles. The summed E-state index contributed by atoms with van der Waals surface area (Å²) in [5.41, 5.74) is 3.20. The molecule has 0 atom stereocenters. The van der Waals surface area contributed by atoms with E-state index in [2.05, 4.69) is 10.3 Å². The molecule has 166 valence electrons. The number of methoxy groups -OCH3 is 2. The number of hydrogen-bond donors (Lipinski definition) is 0. The number of thiazole rings is 1. The van der Waals surface area contributed by atoms with E-state index >= 15 is 0 Å². The smallest absolute Gasteiger partial charge is 0.250 e. The molecule has 0 saturated heterocycles. The summed E-state index contributed by atoms with van der Waals surface area (Å²) in [4.78, 5) is 20.0. The summed E-state index contributed by atoms with van der Waals surface area (Å²) >= 11 is 1.39. The summed E-state index contributed by atoms with van der Waals surface area (Å²) in [5.74, 6) is 1.16. The van der Waals surface area contributed by atoms with E-state index in [0.29, 0.717) is 28.7 Å². The highest BCUT2D eigenvalue weighted by Gasteiger charge is 2.24. The highest BCUT2D eigenvalue weighted by Crippen LogP contribution is 2.40. The largest absolute Gasteiger partial charge is 0.495 e. The number of para-hydroxylation sites is 1. The first-order chi connectivity index (χ1) is 16.2. The van der Waals surface area contributed by atoms with Crippen molar-refractivity contribution in [3.63, 3.8) is 0 Å². The van der Waals surface area contributed by atoms with Gasteiger partial charge in [-0.1, -0.05) is 59.0 Å². The van der Waals surface area contributed by atoms with Crippen LogP contribution in [-0.2, 0) is 17.9 Å². The molecule has 0 N–H and O–H groups in total. The van der Waals surface area contributed by atoms with Gasteiger partial charge in [0.25, 0.3) is 5.91 Å². The number of anilines is 1. The Morgan fingerprint density at radius 1 is 0.970 bits per heavy atom. The Morgan fingerprint density at radius 3 is 2.48 bits per heavy atom. The Balaban J connectivity index is 1.56. The van der Waals surface area contributed by atoms with Crippen LogP contribution in [0.2, 0.25) is 0 Å². The second-order valence-electron chi connectivity index (χ2n) is 7.35. The standard InChI is InChI=1S/C24H21N5O3S/c1-31-19-12-13-20(32-2)23-22(19)25-24(33-23)28(14-16-8-4-3-5-9-16)21(30)15-29-18-11-7-6-10-17(18)26-27-29/h3-13H,14-15H2,1-2H3. The summed E-state index contributed by atoms with van der Waals surface area (Å²) in [6.45, 7) is 0.411. The molecule has 5 aromatic rings. The van der Waals surface area contributed by atoms with Gasteiger partial charge < -0.3 is 9.47 Å². The molecule has 33 heavy (non-hydrogen) atoms. The molecule has 2 aromatic heterocycles. The SMILES string of the molecule is COc1ccc(OC)c2sc(N(Cc3ccccc3)C(=O)Cn3nnc4ccccc43)nc12. The lowest BCUT2D eigenvalue weighted by atomic mass is 10.2. The molecule has 8 nitrogen and oxygen atoms in total.